The van der Waals surface area contributed by atoms with Crippen LogP contribution in [0.3, 0.4) is 0 Å². The molecule has 3 aromatic carbocycles. The summed E-state index contributed by atoms with van der Waals surface area (Å²) in [5, 5.41) is 9.90. The first-order valence-electron chi connectivity index (χ1n) is 9.25. The number of aromatic hydroxyl groups is 1. The van der Waals surface area contributed by atoms with E-state index in [9.17, 15) is 5.11 Å². The lowest BCUT2D eigenvalue weighted by atomic mass is 9.99. The van der Waals surface area contributed by atoms with Crippen LogP contribution in [-0.4, -0.2) is 24.2 Å². The van der Waals surface area contributed by atoms with Crippen molar-refractivity contribution in [3.05, 3.63) is 91.0 Å². The van der Waals surface area contributed by atoms with E-state index in [-0.39, 0.29) is 5.75 Å². The summed E-state index contributed by atoms with van der Waals surface area (Å²) >= 11 is 0. The number of benzene rings is 3. The number of rotatable bonds is 4. The second-order valence-electron chi connectivity index (χ2n) is 6.98. The predicted octanol–water partition coefficient (Wildman–Crippen LogP) is 5.85. The van der Waals surface area contributed by atoms with Crippen molar-refractivity contribution in [3.8, 4) is 39.4 Å². The van der Waals surface area contributed by atoms with E-state index >= 15 is 0 Å². The van der Waals surface area contributed by atoms with E-state index < -0.39 is 0 Å². The maximum Gasteiger partial charge on any atom is 0.116 e. The van der Waals surface area contributed by atoms with Crippen molar-refractivity contribution < 1.29 is 5.11 Å². The number of aromatic nitrogens is 1. The highest BCUT2D eigenvalue weighted by Gasteiger charge is 2.09. The van der Waals surface area contributed by atoms with Gasteiger partial charge in [-0.2, -0.15) is 0 Å². The molecule has 3 nitrogen and oxygen atoms in total. The minimum Gasteiger partial charge on any atom is -0.508 e. The van der Waals surface area contributed by atoms with Crippen LogP contribution in [0.5, 0.6) is 5.75 Å². The summed E-state index contributed by atoms with van der Waals surface area (Å²) in [6.45, 7) is 0. The fourth-order valence-corrected chi connectivity index (χ4v) is 3.22. The largest absolute Gasteiger partial charge is 0.508 e. The van der Waals surface area contributed by atoms with Gasteiger partial charge in [0, 0.05) is 30.9 Å². The molecule has 0 amide bonds. The van der Waals surface area contributed by atoms with Crippen molar-refractivity contribution in [3.63, 3.8) is 0 Å². The van der Waals surface area contributed by atoms with Crippen LogP contribution in [0.4, 0.5) is 5.69 Å². The van der Waals surface area contributed by atoms with Crippen molar-refractivity contribution in [1.29, 1.82) is 0 Å². The highest BCUT2D eigenvalue weighted by Crippen LogP contribution is 2.31. The predicted molar refractivity (Wildman–Crippen MR) is 117 cm³/mol. The van der Waals surface area contributed by atoms with Crippen LogP contribution in [0.25, 0.3) is 33.6 Å². The third kappa shape index (κ3) is 3.74. The lowest BCUT2D eigenvalue weighted by molar-refractivity contribution is 0.475. The first-order chi connectivity index (χ1) is 13.6. The van der Waals surface area contributed by atoms with Crippen LogP contribution in [0, 0.1) is 0 Å². The Morgan fingerprint density at radius 3 is 1.89 bits per heavy atom. The average molecular weight is 366 g/mol. The fraction of sp³-hybridized carbons (Fsp3) is 0.0800. The second-order valence-corrected chi connectivity index (χ2v) is 6.98. The Labute approximate surface area is 165 Å². The van der Waals surface area contributed by atoms with Crippen LogP contribution in [-0.2, 0) is 0 Å². The Morgan fingerprint density at radius 2 is 1.25 bits per heavy atom. The molecule has 1 N–H and O–H groups in total. The molecule has 0 saturated carbocycles. The molecule has 138 valence electrons. The Hall–Kier alpha value is -3.59. The van der Waals surface area contributed by atoms with E-state index in [1.165, 1.54) is 0 Å². The molecule has 0 aliphatic rings. The number of anilines is 1. The third-order valence-electron chi connectivity index (χ3n) is 4.75. The molecule has 1 heterocycles. The highest BCUT2D eigenvalue weighted by molar-refractivity contribution is 5.77. The van der Waals surface area contributed by atoms with E-state index in [2.05, 4.69) is 53.4 Å². The molecule has 0 bridgehead atoms. The Kier molecular flexibility index (Phi) is 4.81. The molecule has 0 aliphatic heterocycles. The normalized spacial score (nSPS) is 10.6. The van der Waals surface area contributed by atoms with Gasteiger partial charge in [0.05, 0.1) is 11.4 Å². The monoisotopic (exact) mass is 366 g/mol. The summed E-state index contributed by atoms with van der Waals surface area (Å²) in [5.74, 6) is 0.237. The van der Waals surface area contributed by atoms with Gasteiger partial charge >= 0.3 is 0 Å². The smallest absolute Gasteiger partial charge is 0.116 e. The molecule has 3 heteroatoms. The zero-order valence-electron chi connectivity index (χ0n) is 16.0. The summed E-state index contributed by atoms with van der Waals surface area (Å²) in [4.78, 5) is 6.95. The summed E-state index contributed by atoms with van der Waals surface area (Å²) in [7, 11) is 4.07. The minimum atomic E-state index is 0.237. The van der Waals surface area contributed by atoms with Gasteiger partial charge in [-0.05, 0) is 47.5 Å². The van der Waals surface area contributed by atoms with Crippen molar-refractivity contribution in [2.24, 2.45) is 0 Å². The molecule has 4 aromatic rings. The molecule has 0 atom stereocenters. The van der Waals surface area contributed by atoms with Gasteiger partial charge in [-0.25, -0.2) is 4.98 Å². The Bertz CT molecular complexity index is 1090. The molecule has 4 rings (SSSR count). The van der Waals surface area contributed by atoms with Crippen molar-refractivity contribution >= 4 is 5.69 Å². The number of hydrogen-bond donors (Lipinski definition) is 1. The number of nitrogens with zero attached hydrogens (tertiary/aromatic N) is 2. The molecular formula is C25H22N2O. The van der Waals surface area contributed by atoms with E-state index in [0.29, 0.717) is 0 Å². The van der Waals surface area contributed by atoms with Gasteiger partial charge in [-0.15, -0.1) is 0 Å². The zero-order valence-corrected chi connectivity index (χ0v) is 16.0. The highest BCUT2D eigenvalue weighted by atomic mass is 16.3. The SMILES string of the molecule is CN(C)c1ccc(-c2cc(-c3ccccc3)nc(-c3cccc(O)c3)c2)cc1. The lowest BCUT2D eigenvalue weighted by Gasteiger charge is -2.14. The van der Waals surface area contributed by atoms with Crippen molar-refractivity contribution in [2.75, 3.05) is 19.0 Å². The first kappa shape index (κ1) is 17.8. The van der Waals surface area contributed by atoms with E-state index in [0.717, 1.165) is 39.3 Å². The molecular weight excluding hydrogens is 344 g/mol. The number of hydrogen-bond acceptors (Lipinski definition) is 3. The Balaban J connectivity index is 1.86. The van der Waals surface area contributed by atoms with Gasteiger partial charge in [0.25, 0.3) is 0 Å². The van der Waals surface area contributed by atoms with Gasteiger partial charge in [0.15, 0.2) is 0 Å². The second kappa shape index (κ2) is 7.57. The maximum absolute atomic E-state index is 9.90. The van der Waals surface area contributed by atoms with Crippen molar-refractivity contribution in [2.45, 2.75) is 0 Å². The van der Waals surface area contributed by atoms with E-state index in [1.54, 1.807) is 12.1 Å². The van der Waals surface area contributed by atoms with Crippen LogP contribution in [0.1, 0.15) is 0 Å². The molecule has 0 fully saturated rings. The standard InChI is InChI=1S/C25H22N2O/c1-27(2)22-13-11-18(12-14-22)21-16-24(19-7-4-3-5-8-19)26-25(17-21)20-9-6-10-23(28)15-20/h3-17,28H,1-2H3. The average Bonchev–Trinajstić information content (AvgIpc) is 2.74. The number of phenolic OH excluding ortho intramolecular Hbond substituents is 1. The topological polar surface area (TPSA) is 36.4 Å². The van der Waals surface area contributed by atoms with Crippen molar-refractivity contribution in [1.82, 2.24) is 4.98 Å². The molecule has 28 heavy (non-hydrogen) atoms. The molecule has 0 unspecified atom stereocenters. The minimum absolute atomic E-state index is 0.237. The van der Waals surface area contributed by atoms with Gasteiger partial charge < -0.3 is 10.0 Å². The van der Waals surface area contributed by atoms with Gasteiger partial charge in [-0.1, -0.05) is 54.6 Å². The summed E-state index contributed by atoms with van der Waals surface area (Å²) in [5.41, 5.74) is 7.09. The fourth-order valence-electron chi connectivity index (χ4n) is 3.22. The first-order valence-corrected chi connectivity index (χ1v) is 9.25. The lowest BCUT2D eigenvalue weighted by Crippen LogP contribution is -2.07. The van der Waals surface area contributed by atoms with Crippen LogP contribution in [0.15, 0.2) is 91.0 Å². The van der Waals surface area contributed by atoms with Crippen LogP contribution in [0.2, 0.25) is 0 Å². The molecule has 0 spiro atoms. The van der Waals surface area contributed by atoms with Gasteiger partial charge in [0.2, 0.25) is 0 Å². The number of pyridine rings is 1. The summed E-state index contributed by atoms with van der Waals surface area (Å²) in [6.07, 6.45) is 0. The zero-order chi connectivity index (χ0) is 19.5. The molecule has 1 aromatic heterocycles. The summed E-state index contributed by atoms with van der Waals surface area (Å²) < 4.78 is 0. The van der Waals surface area contributed by atoms with Gasteiger partial charge in [-0.3, -0.25) is 0 Å². The number of phenols is 1. The molecule has 0 saturated heterocycles. The molecule has 0 radical (unpaired) electrons. The van der Waals surface area contributed by atoms with Crippen LogP contribution >= 0.6 is 0 Å². The van der Waals surface area contributed by atoms with Crippen LogP contribution < -0.4 is 4.90 Å². The third-order valence-corrected chi connectivity index (χ3v) is 4.75. The Morgan fingerprint density at radius 1 is 0.607 bits per heavy atom. The van der Waals surface area contributed by atoms with E-state index in [1.807, 2.05) is 44.4 Å². The summed E-state index contributed by atoms with van der Waals surface area (Å²) in [6, 6.07) is 30.1. The van der Waals surface area contributed by atoms with Gasteiger partial charge in [0.1, 0.15) is 5.75 Å². The molecule has 0 aliphatic carbocycles. The van der Waals surface area contributed by atoms with E-state index in [4.69, 9.17) is 4.98 Å². The maximum atomic E-state index is 9.90. The quantitative estimate of drug-likeness (QED) is 0.492.